The summed E-state index contributed by atoms with van der Waals surface area (Å²) in [7, 11) is 0. The van der Waals surface area contributed by atoms with Gasteiger partial charge >= 0.3 is 0 Å². The van der Waals surface area contributed by atoms with Crippen LogP contribution < -0.4 is 15.5 Å². The molecule has 0 unspecified atom stereocenters. The van der Waals surface area contributed by atoms with Gasteiger partial charge in [0.1, 0.15) is 5.82 Å². The zero-order valence-electron chi connectivity index (χ0n) is 13.3. The number of aryl methyl sites for hydroxylation is 1. The van der Waals surface area contributed by atoms with E-state index in [0.717, 1.165) is 42.4 Å². The van der Waals surface area contributed by atoms with Crippen molar-refractivity contribution >= 4 is 40.1 Å². The number of nitrogens with zero attached hydrogens (tertiary/aromatic N) is 5. The standard InChI is InChI=1S/C16H18ClN7/c1-10-2-3-11(17)8-13(10)23-4-6-24(7-5-23)15-12-9-19-22-14(12)20-16(18)21-15/h2-3,8-9H,4-7H2,1H3,(H3,18,19,20,21,22). The molecule has 1 fully saturated rings. The molecule has 2 aromatic heterocycles. The zero-order chi connectivity index (χ0) is 16.7. The normalized spacial score (nSPS) is 15.2. The maximum Gasteiger partial charge on any atom is 0.224 e. The summed E-state index contributed by atoms with van der Waals surface area (Å²) in [5.41, 5.74) is 8.92. The van der Waals surface area contributed by atoms with E-state index in [1.54, 1.807) is 6.20 Å². The highest BCUT2D eigenvalue weighted by molar-refractivity contribution is 6.30. The van der Waals surface area contributed by atoms with Gasteiger partial charge in [0.25, 0.3) is 0 Å². The summed E-state index contributed by atoms with van der Waals surface area (Å²) < 4.78 is 0. The van der Waals surface area contributed by atoms with Crippen molar-refractivity contribution in [3.63, 3.8) is 0 Å². The van der Waals surface area contributed by atoms with Gasteiger partial charge in [-0.25, -0.2) is 0 Å². The average Bonchev–Trinajstić information content (AvgIpc) is 3.05. The Bertz CT molecular complexity index is 883. The molecule has 3 aromatic rings. The lowest BCUT2D eigenvalue weighted by molar-refractivity contribution is 0.648. The molecule has 4 rings (SSSR count). The lowest BCUT2D eigenvalue weighted by Gasteiger charge is -2.37. The highest BCUT2D eigenvalue weighted by Gasteiger charge is 2.22. The van der Waals surface area contributed by atoms with Crippen LogP contribution in [0.1, 0.15) is 5.56 Å². The second kappa shape index (κ2) is 5.83. The zero-order valence-corrected chi connectivity index (χ0v) is 14.1. The van der Waals surface area contributed by atoms with Gasteiger partial charge in [0.05, 0.1) is 11.6 Å². The van der Waals surface area contributed by atoms with Crippen LogP contribution in [0.5, 0.6) is 0 Å². The first-order chi connectivity index (χ1) is 11.6. The summed E-state index contributed by atoms with van der Waals surface area (Å²) in [6.07, 6.45) is 1.75. The number of halogens is 1. The van der Waals surface area contributed by atoms with Gasteiger partial charge in [-0.3, -0.25) is 5.10 Å². The molecule has 7 nitrogen and oxygen atoms in total. The smallest absolute Gasteiger partial charge is 0.224 e. The Morgan fingerprint density at radius 1 is 1.12 bits per heavy atom. The number of hydrogen-bond donors (Lipinski definition) is 2. The summed E-state index contributed by atoms with van der Waals surface area (Å²) in [6, 6.07) is 6.02. The number of nitrogen functional groups attached to an aromatic ring is 1. The van der Waals surface area contributed by atoms with Crippen LogP contribution in [0.15, 0.2) is 24.4 Å². The summed E-state index contributed by atoms with van der Waals surface area (Å²) in [6.45, 7) is 5.60. The Labute approximate surface area is 144 Å². The summed E-state index contributed by atoms with van der Waals surface area (Å²) in [5.74, 6) is 1.10. The van der Waals surface area contributed by atoms with E-state index in [9.17, 15) is 0 Å². The van der Waals surface area contributed by atoms with Gasteiger partial charge in [-0.2, -0.15) is 15.1 Å². The lowest BCUT2D eigenvalue weighted by atomic mass is 10.1. The number of nitrogens with one attached hydrogen (secondary N) is 1. The first kappa shape index (κ1) is 15.0. The Kier molecular flexibility index (Phi) is 3.65. The number of hydrogen-bond acceptors (Lipinski definition) is 6. The highest BCUT2D eigenvalue weighted by Crippen LogP contribution is 2.28. The molecule has 1 aromatic carbocycles. The molecule has 1 saturated heterocycles. The van der Waals surface area contributed by atoms with Crippen LogP contribution in [0.3, 0.4) is 0 Å². The van der Waals surface area contributed by atoms with Gasteiger partial charge in [-0.1, -0.05) is 17.7 Å². The Hall–Kier alpha value is -2.54. The number of aromatic amines is 1. The van der Waals surface area contributed by atoms with E-state index >= 15 is 0 Å². The molecule has 8 heteroatoms. The quantitative estimate of drug-likeness (QED) is 0.742. The van der Waals surface area contributed by atoms with E-state index in [-0.39, 0.29) is 5.95 Å². The Balaban J connectivity index is 1.57. The van der Waals surface area contributed by atoms with Gasteiger partial charge in [0, 0.05) is 36.9 Å². The second-order valence-electron chi connectivity index (χ2n) is 5.94. The van der Waals surface area contributed by atoms with Crippen LogP contribution in [0, 0.1) is 6.92 Å². The third-order valence-corrected chi connectivity index (χ3v) is 4.63. The molecule has 3 heterocycles. The fraction of sp³-hybridized carbons (Fsp3) is 0.312. The van der Waals surface area contributed by atoms with E-state index in [2.05, 4.69) is 43.0 Å². The van der Waals surface area contributed by atoms with Crippen molar-refractivity contribution < 1.29 is 0 Å². The van der Waals surface area contributed by atoms with Crippen molar-refractivity contribution in [1.82, 2.24) is 20.2 Å². The molecule has 1 aliphatic rings. The largest absolute Gasteiger partial charge is 0.368 e. The third-order valence-electron chi connectivity index (χ3n) is 4.40. The SMILES string of the molecule is Cc1ccc(Cl)cc1N1CCN(c2nc(N)nc3[nH]ncc23)CC1. The topological polar surface area (TPSA) is 87.0 Å². The predicted octanol–water partition coefficient (Wildman–Crippen LogP) is 2.22. The molecule has 124 valence electrons. The highest BCUT2D eigenvalue weighted by atomic mass is 35.5. The van der Waals surface area contributed by atoms with Crippen molar-refractivity contribution in [2.24, 2.45) is 0 Å². The maximum atomic E-state index is 6.15. The maximum absolute atomic E-state index is 6.15. The van der Waals surface area contributed by atoms with Crippen LogP contribution in [-0.4, -0.2) is 46.3 Å². The number of aromatic nitrogens is 4. The van der Waals surface area contributed by atoms with Crippen molar-refractivity contribution in [2.45, 2.75) is 6.92 Å². The van der Waals surface area contributed by atoms with Gasteiger partial charge in [0.15, 0.2) is 5.65 Å². The Morgan fingerprint density at radius 2 is 1.88 bits per heavy atom. The minimum Gasteiger partial charge on any atom is -0.368 e. The molecule has 0 amide bonds. The third kappa shape index (κ3) is 2.60. The van der Waals surface area contributed by atoms with Crippen LogP contribution in [0.25, 0.3) is 11.0 Å². The lowest BCUT2D eigenvalue weighted by Crippen LogP contribution is -2.47. The van der Waals surface area contributed by atoms with Crippen molar-refractivity contribution in [3.8, 4) is 0 Å². The van der Waals surface area contributed by atoms with Gasteiger partial charge < -0.3 is 15.5 Å². The molecular weight excluding hydrogens is 326 g/mol. The monoisotopic (exact) mass is 343 g/mol. The van der Waals surface area contributed by atoms with E-state index < -0.39 is 0 Å². The number of anilines is 3. The molecule has 1 aliphatic heterocycles. The molecule has 0 aliphatic carbocycles. The van der Waals surface area contributed by atoms with Crippen molar-refractivity contribution in [2.75, 3.05) is 41.7 Å². The number of benzene rings is 1. The number of H-pyrrole nitrogens is 1. The number of piperazine rings is 1. The fourth-order valence-electron chi connectivity index (χ4n) is 3.16. The molecule has 0 saturated carbocycles. The molecular formula is C16H18ClN7. The first-order valence-electron chi connectivity index (χ1n) is 7.84. The summed E-state index contributed by atoms with van der Waals surface area (Å²) >= 11 is 6.15. The number of rotatable bonds is 2. The van der Waals surface area contributed by atoms with Crippen molar-refractivity contribution in [3.05, 3.63) is 35.0 Å². The number of nitrogens with two attached hydrogens (primary N) is 1. The summed E-state index contributed by atoms with van der Waals surface area (Å²) in [5, 5.41) is 8.57. The minimum absolute atomic E-state index is 0.259. The molecule has 0 radical (unpaired) electrons. The van der Waals surface area contributed by atoms with Crippen LogP contribution in [0.4, 0.5) is 17.5 Å². The van der Waals surface area contributed by atoms with Crippen molar-refractivity contribution in [1.29, 1.82) is 0 Å². The van der Waals surface area contributed by atoms with E-state index in [1.165, 1.54) is 11.3 Å². The number of fused-ring (bicyclic) bond motifs is 1. The van der Waals surface area contributed by atoms with Crippen LogP contribution in [-0.2, 0) is 0 Å². The minimum atomic E-state index is 0.259. The predicted molar refractivity (Wildman–Crippen MR) is 96.7 cm³/mol. The van der Waals surface area contributed by atoms with E-state index in [0.29, 0.717) is 5.65 Å². The molecule has 0 bridgehead atoms. The molecule has 0 spiro atoms. The van der Waals surface area contributed by atoms with Gasteiger partial charge in [-0.05, 0) is 24.6 Å². The molecule has 24 heavy (non-hydrogen) atoms. The van der Waals surface area contributed by atoms with E-state index in [4.69, 9.17) is 17.3 Å². The average molecular weight is 344 g/mol. The van der Waals surface area contributed by atoms with Crippen LogP contribution >= 0.6 is 11.6 Å². The molecule has 3 N–H and O–H groups in total. The van der Waals surface area contributed by atoms with Gasteiger partial charge in [-0.15, -0.1) is 0 Å². The second-order valence-corrected chi connectivity index (χ2v) is 6.38. The van der Waals surface area contributed by atoms with Gasteiger partial charge in [0.2, 0.25) is 5.95 Å². The Morgan fingerprint density at radius 3 is 2.67 bits per heavy atom. The summed E-state index contributed by atoms with van der Waals surface area (Å²) in [4.78, 5) is 13.2. The van der Waals surface area contributed by atoms with E-state index in [1.807, 2.05) is 12.1 Å². The fourth-order valence-corrected chi connectivity index (χ4v) is 3.33. The van der Waals surface area contributed by atoms with Crippen LogP contribution in [0.2, 0.25) is 5.02 Å². The molecule has 0 atom stereocenters. The first-order valence-corrected chi connectivity index (χ1v) is 8.22.